The zero-order valence-electron chi connectivity index (χ0n) is 13.0. The smallest absolute Gasteiger partial charge is 0.173 e. The van der Waals surface area contributed by atoms with E-state index in [1.165, 1.54) is 13.2 Å². The molecule has 4 heteroatoms. The molecular formula is C18H20ClFO2. The Balaban J connectivity index is 2.15. The van der Waals surface area contributed by atoms with Crippen molar-refractivity contribution in [2.24, 2.45) is 5.41 Å². The number of unbranched alkanes of at least 4 members (excludes halogenated alkanes) is 1. The Morgan fingerprint density at radius 1 is 1.45 bits per heavy atom. The highest BCUT2D eigenvalue weighted by Crippen LogP contribution is 2.57. The fourth-order valence-corrected chi connectivity index (χ4v) is 4.21. The van der Waals surface area contributed by atoms with Crippen LogP contribution in [0.4, 0.5) is 4.39 Å². The molecule has 118 valence electrons. The van der Waals surface area contributed by atoms with Crippen LogP contribution in [-0.4, -0.2) is 12.9 Å². The molecule has 22 heavy (non-hydrogen) atoms. The van der Waals surface area contributed by atoms with Crippen molar-refractivity contribution in [2.75, 3.05) is 7.11 Å². The van der Waals surface area contributed by atoms with Crippen molar-refractivity contribution in [3.05, 3.63) is 34.1 Å². The minimum Gasteiger partial charge on any atom is -0.492 e. The van der Waals surface area contributed by atoms with Gasteiger partial charge in [0.05, 0.1) is 12.1 Å². The number of rotatable bonds is 4. The number of fused-ring (bicyclic) bond motifs is 3. The number of methoxy groups -OCH3 is 1. The van der Waals surface area contributed by atoms with E-state index >= 15 is 0 Å². The summed E-state index contributed by atoms with van der Waals surface area (Å²) < 4.78 is 19.3. The van der Waals surface area contributed by atoms with Gasteiger partial charge in [-0.15, -0.1) is 0 Å². The molecule has 2 aliphatic carbocycles. The van der Waals surface area contributed by atoms with Crippen LogP contribution in [0.1, 0.15) is 50.2 Å². The second kappa shape index (κ2) is 5.69. The van der Waals surface area contributed by atoms with E-state index in [1.807, 2.05) is 0 Å². The van der Waals surface area contributed by atoms with Crippen molar-refractivity contribution >= 4 is 23.0 Å². The zero-order chi connectivity index (χ0) is 15.9. The van der Waals surface area contributed by atoms with Crippen molar-refractivity contribution < 1.29 is 13.9 Å². The number of allylic oxidation sites excluding steroid dienone is 2. The predicted molar refractivity (Wildman–Crippen MR) is 85.8 cm³/mol. The van der Waals surface area contributed by atoms with Gasteiger partial charge >= 0.3 is 0 Å². The van der Waals surface area contributed by atoms with Crippen molar-refractivity contribution in [3.8, 4) is 5.75 Å². The third-order valence-electron chi connectivity index (χ3n) is 5.02. The molecule has 0 bridgehead atoms. The molecular weight excluding hydrogens is 303 g/mol. The normalized spacial score (nSPS) is 23.1. The molecule has 1 aromatic carbocycles. The lowest BCUT2D eigenvalue weighted by molar-refractivity contribution is -0.115. The largest absolute Gasteiger partial charge is 0.492 e. The quantitative estimate of drug-likeness (QED) is 0.782. The van der Waals surface area contributed by atoms with E-state index in [9.17, 15) is 9.18 Å². The molecule has 0 N–H and O–H groups in total. The third-order valence-corrected chi connectivity index (χ3v) is 5.42. The highest BCUT2D eigenvalue weighted by Gasteiger charge is 2.45. The Labute approximate surface area is 135 Å². The van der Waals surface area contributed by atoms with E-state index in [0.29, 0.717) is 11.4 Å². The minimum atomic E-state index is -0.462. The van der Waals surface area contributed by atoms with Crippen LogP contribution in [0.2, 0.25) is 5.02 Å². The molecule has 0 fully saturated rings. The SMILES string of the molecule is CCCC[C@@]12CCC(=O)C=C1c1cc(F)c(OC)c(Cl)c1C2. The summed E-state index contributed by atoms with van der Waals surface area (Å²) >= 11 is 6.38. The number of carbonyl (C=O) groups is 1. The van der Waals surface area contributed by atoms with Gasteiger partial charge in [0, 0.05) is 11.8 Å². The fourth-order valence-electron chi connectivity index (χ4n) is 3.87. The molecule has 2 nitrogen and oxygen atoms in total. The van der Waals surface area contributed by atoms with Crippen LogP contribution in [0, 0.1) is 11.2 Å². The van der Waals surface area contributed by atoms with Gasteiger partial charge in [0.2, 0.25) is 0 Å². The first kappa shape index (κ1) is 15.5. The maximum Gasteiger partial charge on any atom is 0.173 e. The summed E-state index contributed by atoms with van der Waals surface area (Å²) in [6.45, 7) is 2.16. The summed E-state index contributed by atoms with van der Waals surface area (Å²) in [4.78, 5) is 11.9. The summed E-state index contributed by atoms with van der Waals surface area (Å²) in [7, 11) is 1.42. The summed E-state index contributed by atoms with van der Waals surface area (Å²) in [6.07, 6.45) is 7.09. The van der Waals surface area contributed by atoms with Crippen LogP contribution in [0.25, 0.3) is 5.57 Å². The molecule has 0 aliphatic heterocycles. The molecule has 0 aromatic heterocycles. The summed E-state index contributed by atoms with van der Waals surface area (Å²) in [5, 5.41) is 0.358. The third kappa shape index (κ3) is 2.26. The minimum absolute atomic E-state index is 0.0608. The Hall–Kier alpha value is -1.35. The summed E-state index contributed by atoms with van der Waals surface area (Å²) in [6, 6.07) is 1.48. The molecule has 2 aliphatic rings. The lowest BCUT2D eigenvalue weighted by Crippen LogP contribution is -2.25. The zero-order valence-corrected chi connectivity index (χ0v) is 13.7. The van der Waals surface area contributed by atoms with E-state index in [-0.39, 0.29) is 16.9 Å². The van der Waals surface area contributed by atoms with Crippen molar-refractivity contribution in [2.45, 2.75) is 45.4 Å². The molecule has 0 amide bonds. The summed E-state index contributed by atoms with van der Waals surface area (Å²) in [5.41, 5.74) is 2.65. The average molecular weight is 323 g/mol. The van der Waals surface area contributed by atoms with E-state index < -0.39 is 5.82 Å². The number of hydrogen-bond donors (Lipinski definition) is 0. The standard InChI is InChI=1S/C18H20ClFO2/c1-3-4-6-18-7-5-11(21)8-14(18)12-9-15(20)17(22-2)16(19)13(12)10-18/h8-9H,3-7,10H2,1-2H3/t18-/m0/s1. The Kier molecular flexibility index (Phi) is 4.02. The predicted octanol–water partition coefficient (Wildman–Crippen LogP) is 4.97. The van der Waals surface area contributed by atoms with Crippen molar-refractivity contribution in [1.29, 1.82) is 0 Å². The van der Waals surface area contributed by atoms with Crippen LogP contribution in [0.5, 0.6) is 5.75 Å². The van der Waals surface area contributed by atoms with Gasteiger partial charge in [0.15, 0.2) is 17.3 Å². The van der Waals surface area contributed by atoms with E-state index in [0.717, 1.165) is 48.8 Å². The number of halogens is 2. The lowest BCUT2D eigenvalue weighted by atomic mass is 9.69. The Bertz CT molecular complexity index is 666. The van der Waals surface area contributed by atoms with Crippen LogP contribution < -0.4 is 4.74 Å². The molecule has 0 heterocycles. The lowest BCUT2D eigenvalue weighted by Gasteiger charge is -2.34. The van der Waals surface area contributed by atoms with Gasteiger partial charge in [-0.05, 0) is 48.1 Å². The number of ether oxygens (including phenoxy) is 1. The first-order chi connectivity index (χ1) is 10.5. The Morgan fingerprint density at radius 2 is 2.23 bits per heavy atom. The molecule has 1 atom stereocenters. The van der Waals surface area contributed by atoms with Crippen LogP contribution in [0.15, 0.2) is 12.1 Å². The molecule has 3 rings (SSSR count). The van der Waals surface area contributed by atoms with Gasteiger partial charge < -0.3 is 4.74 Å². The summed E-state index contributed by atoms with van der Waals surface area (Å²) in [5.74, 6) is -0.226. The van der Waals surface area contributed by atoms with Gasteiger partial charge in [0.25, 0.3) is 0 Å². The number of carbonyl (C=O) groups excluding carboxylic acids is 1. The molecule has 0 saturated carbocycles. The van der Waals surface area contributed by atoms with Gasteiger partial charge in [-0.2, -0.15) is 0 Å². The number of hydrogen-bond acceptors (Lipinski definition) is 2. The second-order valence-corrected chi connectivity index (χ2v) is 6.69. The molecule has 0 unspecified atom stereocenters. The first-order valence-electron chi connectivity index (χ1n) is 7.82. The number of ketones is 1. The second-order valence-electron chi connectivity index (χ2n) is 6.32. The highest BCUT2D eigenvalue weighted by atomic mass is 35.5. The van der Waals surface area contributed by atoms with Crippen LogP contribution in [0.3, 0.4) is 0 Å². The van der Waals surface area contributed by atoms with Gasteiger partial charge in [-0.25, -0.2) is 4.39 Å². The van der Waals surface area contributed by atoms with E-state index in [4.69, 9.17) is 16.3 Å². The van der Waals surface area contributed by atoms with Gasteiger partial charge in [-0.1, -0.05) is 31.4 Å². The molecule has 0 saturated heterocycles. The van der Waals surface area contributed by atoms with Crippen LogP contribution in [-0.2, 0) is 11.2 Å². The topological polar surface area (TPSA) is 26.3 Å². The maximum absolute atomic E-state index is 14.2. The monoisotopic (exact) mass is 322 g/mol. The average Bonchev–Trinajstić information content (AvgIpc) is 2.81. The molecule has 0 radical (unpaired) electrons. The number of benzene rings is 1. The Morgan fingerprint density at radius 3 is 2.91 bits per heavy atom. The molecule has 0 spiro atoms. The maximum atomic E-state index is 14.2. The van der Waals surface area contributed by atoms with E-state index in [2.05, 4.69) is 6.92 Å². The van der Waals surface area contributed by atoms with Gasteiger partial charge in [-0.3, -0.25) is 4.79 Å². The first-order valence-corrected chi connectivity index (χ1v) is 8.20. The van der Waals surface area contributed by atoms with Crippen molar-refractivity contribution in [1.82, 2.24) is 0 Å². The van der Waals surface area contributed by atoms with Gasteiger partial charge in [0.1, 0.15) is 0 Å². The fraction of sp³-hybridized carbons (Fsp3) is 0.500. The molecule has 1 aromatic rings. The van der Waals surface area contributed by atoms with Crippen LogP contribution >= 0.6 is 11.6 Å². The van der Waals surface area contributed by atoms with Crippen molar-refractivity contribution in [3.63, 3.8) is 0 Å². The van der Waals surface area contributed by atoms with E-state index in [1.54, 1.807) is 6.08 Å². The highest BCUT2D eigenvalue weighted by molar-refractivity contribution is 6.33.